The molecule has 0 saturated carbocycles. The third-order valence-electron chi connectivity index (χ3n) is 3.21. The van der Waals surface area contributed by atoms with Gasteiger partial charge in [0.15, 0.2) is 0 Å². The van der Waals surface area contributed by atoms with Crippen molar-refractivity contribution in [3.63, 3.8) is 0 Å². The molecule has 1 aromatic carbocycles. The topological polar surface area (TPSA) is 12.0 Å². The van der Waals surface area contributed by atoms with Crippen LogP contribution in [0.2, 0.25) is 0 Å². The van der Waals surface area contributed by atoms with Gasteiger partial charge >= 0.3 is 0 Å². The Kier molecular flexibility index (Phi) is 2.46. The van der Waals surface area contributed by atoms with Gasteiger partial charge < -0.3 is 5.32 Å². The number of fused-ring (bicyclic) bond motifs is 1. The van der Waals surface area contributed by atoms with E-state index in [1.54, 1.807) is 0 Å². The van der Waals surface area contributed by atoms with E-state index in [9.17, 15) is 0 Å². The summed E-state index contributed by atoms with van der Waals surface area (Å²) in [4.78, 5) is 1.07. The first-order valence-corrected chi connectivity index (χ1v) is 5.98. The number of hydrogen-bond acceptors (Lipinski definition) is 2. The van der Waals surface area contributed by atoms with Crippen LogP contribution < -0.4 is 5.32 Å². The summed E-state index contributed by atoms with van der Waals surface area (Å²) in [7, 11) is 0. The first-order chi connectivity index (χ1) is 7.86. The molecule has 80 valence electrons. The average molecular weight is 227 g/mol. The van der Waals surface area contributed by atoms with Crippen LogP contribution >= 0.6 is 12.2 Å². The quantitative estimate of drug-likeness (QED) is 0.740. The highest BCUT2D eigenvalue weighted by Crippen LogP contribution is 2.33. The van der Waals surface area contributed by atoms with Crippen LogP contribution in [-0.2, 0) is 6.54 Å². The molecule has 1 atom stereocenters. The van der Waals surface area contributed by atoms with E-state index < -0.39 is 0 Å². The van der Waals surface area contributed by atoms with Crippen LogP contribution in [0.4, 0.5) is 0 Å². The maximum Gasteiger partial charge on any atom is 0.0593 e. The number of rotatable bonds is 1. The Bertz CT molecular complexity index is 499. The second-order valence-electron chi connectivity index (χ2n) is 4.19. The molecule has 1 N–H and O–H groups in total. The van der Waals surface area contributed by atoms with Crippen LogP contribution in [0, 0.1) is 0 Å². The van der Waals surface area contributed by atoms with Crippen LogP contribution in [0.25, 0.3) is 0 Å². The number of thiocarbonyl (C=S) groups is 1. The second-order valence-corrected chi connectivity index (χ2v) is 4.68. The lowest BCUT2D eigenvalue weighted by Gasteiger charge is -2.18. The van der Waals surface area contributed by atoms with E-state index in [0.29, 0.717) is 6.04 Å². The molecule has 0 fully saturated rings. The van der Waals surface area contributed by atoms with Gasteiger partial charge in [-0.25, -0.2) is 0 Å². The van der Waals surface area contributed by atoms with Crippen molar-refractivity contribution in [1.29, 1.82) is 0 Å². The lowest BCUT2D eigenvalue weighted by atomic mass is 9.93. The van der Waals surface area contributed by atoms with E-state index in [0.717, 1.165) is 17.8 Å². The summed E-state index contributed by atoms with van der Waals surface area (Å²) in [5.41, 5.74) is 4.04. The van der Waals surface area contributed by atoms with Crippen molar-refractivity contribution in [3.8, 4) is 0 Å². The zero-order chi connectivity index (χ0) is 11.0. The average Bonchev–Trinajstić information content (AvgIpc) is 2.74. The van der Waals surface area contributed by atoms with Gasteiger partial charge in [-0.05, 0) is 16.7 Å². The molecule has 2 heteroatoms. The van der Waals surface area contributed by atoms with E-state index in [-0.39, 0.29) is 0 Å². The fourth-order valence-corrected chi connectivity index (χ4v) is 2.67. The number of benzene rings is 1. The van der Waals surface area contributed by atoms with Crippen LogP contribution in [0.3, 0.4) is 0 Å². The number of hydrogen-bond donors (Lipinski definition) is 1. The Morgan fingerprint density at radius 2 is 2.12 bits per heavy atom. The molecule has 0 radical (unpaired) electrons. The van der Waals surface area contributed by atoms with E-state index in [1.165, 1.54) is 16.7 Å². The predicted octanol–water partition coefficient (Wildman–Crippen LogP) is 3.09. The van der Waals surface area contributed by atoms with Gasteiger partial charge in [-0.1, -0.05) is 54.7 Å². The molecule has 0 spiro atoms. The molecule has 1 heterocycles. The van der Waals surface area contributed by atoms with E-state index in [2.05, 4.69) is 47.8 Å². The summed E-state index contributed by atoms with van der Waals surface area (Å²) >= 11 is 5.43. The highest BCUT2D eigenvalue weighted by molar-refractivity contribution is 7.80. The molecule has 16 heavy (non-hydrogen) atoms. The minimum Gasteiger partial charge on any atom is -0.302 e. The lowest BCUT2D eigenvalue weighted by molar-refractivity contribution is 0.671. The second kappa shape index (κ2) is 3.96. The molecular weight excluding hydrogens is 214 g/mol. The lowest BCUT2D eigenvalue weighted by Crippen LogP contribution is -2.19. The van der Waals surface area contributed by atoms with Crippen molar-refractivity contribution in [3.05, 3.63) is 59.2 Å². The summed E-state index contributed by atoms with van der Waals surface area (Å²) in [6, 6.07) is 8.87. The molecule has 0 bridgehead atoms. The van der Waals surface area contributed by atoms with Gasteiger partial charge in [0.1, 0.15) is 0 Å². The maximum atomic E-state index is 5.43. The molecule has 2 aliphatic rings. The van der Waals surface area contributed by atoms with Crippen molar-refractivity contribution in [2.24, 2.45) is 0 Å². The Hall–Kier alpha value is -1.25. The molecule has 0 saturated heterocycles. The zero-order valence-electron chi connectivity index (χ0n) is 8.94. The molecule has 3 rings (SSSR count). The highest BCUT2D eigenvalue weighted by atomic mass is 32.1. The van der Waals surface area contributed by atoms with E-state index >= 15 is 0 Å². The molecule has 1 aliphatic carbocycles. The predicted molar refractivity (Wildman–Crippen MR) is 70.5 cm³/mol. The third kappa shape index (κ3) is 1.55. The first-order valence-electron chi connectivity index (χ1n) is 5.57. The van der Waals surface area contributed by atoms with Gasteiger partial charge in [-0.3, -0.25) is 0 Å². The highest BCUT2D eigenvalue weighted by Gasteiger charge is 2.26. The zero-order valence-corrected chi connectivity index (χ0v) is 9.76. The van der Waals surface area contributed by atoms with Crippen LogP contribution in [0.15, 0.2) is 48.1 Å². The molecule has 0 amide bonds. The van der Waals surface area contributed by atoms with E-state index in [1.807, 2.05) is 0 Å². The Balaban J connectivity index is 2.01. The normalized spacial score (nSPS) is 23.1. The van der Waals surface area contributed by atoms with Gasteiger partial charge in [-0.15, -0.1) is 0 Å². The van der Waals surface area contributed by atoms with Crippen molar-refractivity contribution >= 4 is 17.1 Å². The molecule has 1 nitrogen and oxygen atoms in total. The van der Waals surface area contributed by atoms with Gasteiger partial charge in [-0.2, -0.15) is 0 Å². The third-order valence-corrected chi connectivity index (χ3v) is 3.61. The summed E-state index contributed by atoms with van der Waals surface area (Å²) in [6.07, 6.45) is 7.27. The van der Waals surface area contributed by atoms with Crippen molar-refractivity contribution in [2.75, 3.05) is 0 Å². The molecule has 1 aliphatic heterocycles. The minimum atomic E-state index is 0.300. The number of nitrogens with one attached hydrogen (secondary N) is 1. The molecule has 1 aromatic rings. The fourth-order valence-electron chi connectivity index (χ4n) is 2.39. The fraction of sp³-hybridized carbons (Fsp3) is 0.214. The smallest absolute Gasteiger partial charge is 0.0593 e. The van der Waals surface area contributed by atoms with Crippen molar-refractivity contribution in [1.82, 2.24) is 5.32 Å². The summed E-state index contributed by atoms with van der Waals surface area (Å²) in [5.74, 6) is 0. The van der Waals surface area contributed by atoms with Gasteiger partial charge in [0.25, 0.3) is 0 Å². The first kappa shape index (κ1) is 9.94. The Labute approximate surface area is 101 Å². The number of allylic oxidation sites excluding steroid dienone is 3. The van der Waals surface area contributed by atoms with Crippen molar-refractivity contribution in [2.45, 2.75) is 19.0 Å². The minimum absolute atomic E-state index is 0.300. The van der Waals surface area contributed by atoms with Gasteiger partial charge in [0.2, 0.25) is 0 Å². The van der Waals surface area contributed by atoms with Gasteiger partial charge in [0.05, 0.1) is 6.04 Å². The largest absolute Gasteiger partial charge is 0.302 e. The summed E-state index contributed by atoms with van der Waals surface area (Å²) < 4.78 is 0. The molecular formula is C14H13NS. The van der Waals surface area contributed by atoms with Crippen LogP contribution in [0.1, 0.15) is 23.6 Å². The molecule has 1 unspecified atom stereocenters. The summed E-state index contributed by atoms with van der Waals surface area (Å²) in [5, 5.41) is 3.53. The molecule has 0 aromatic heterocycles. The van der Waals surface area contributed by atoms with Crippen LogP contribution in [0.5, 0.6) is 0 Å². The van der Waals surface area contributed by atoms with E-state index in [4.69, 9.17) is 12.2 Å². The monoisotopic (exact) mass is 227 g/mol. The SMILES string of the molecule is S=C1CC=CC=C1C1NCc2ccccc21. The van der Waals surface area contributed by atoms with Crippen molar-refractivity contribution < 1.29 is 0 Å². The maximum absolute atomic E-state index is 5.43. The Morgan fingerprint density at radius 3 is 3.00 bits per heavy atom. The Morgan fingerprint density at radius 1 is 1.25 bits per heavy atom. The van der Waals surface area contributed by atoms with Crippen LogP contribution in [-0.4, -0.2) is 4.86 Å². The standard InChI is InChI=1S/C14H13NS/c16-13-8-4-3-7-12(13)14-11-6-2-1-5-10(11)9-15-14/h1-7,14-15H,8-9H2. The van der Waals surface area contributed by atoms with Gasteiger partial charge in [0, 0.05) is 17.8 Å². The summed E-state index contributed by atoms with van der Waals surface area (Å²) in [6.45, 7) is 0.949.